The highest BCUT2D eigenvalue weighted by atomic mass is 15.2. The SMILES string of the molecule is CCC1CN(C(C)C23CC4CC(CC(C4)C2)C3)CCC1N. The van der Waals surface area contributed by atoms with Gasteiger partial charge in [0, 0.05) is 18.6 Å². The standard InChI is InChI=1S/C19H34N2/c1-3-17-12-21(5-4-18(17)20)13(2)19-9-14-6-15(10-19)8-16(7-14)11-19/h13-18H,3-12,20H2,1-2H3. The minimum Gasteiger partial charge on any atom is -0.327 e. The van der Waals surface area contributed by atoms with Crippen molar-refractivity contribution in [1.82, 2.24) is 4.90 Å². The molecular weight excluding hydrogens is 256 g/mol. The largest absolute Gasteiger partial charge is 0.327 e. The van der Waals surface area contributed by atoms with Crippen LogP contribution < -0.4 is 5.73 Å². The summed E-state index contributed by atoms with van der Waals surface area (Å²) in [4.78, 5) is 2.84. The zero-order valence-electron chi connectivity index (χ0n) is 14.1. The highest BCUT2D eigenvalue weighted by Crippen LogP contribution is 2.62. The first-order valence-corrected chi connectivity index (χ1v) is 9.59. The van der Waals surface area contributed by atoms with Crippen molar-refractivity contribution < 1.29 is 0 Å². The Morgan fingerprint density at radius 3 is 2.19 bits per heavy atom. The molecule has 120 valence electrons. The van der Waals surface area contributed by atoms with Crippen LogP contribution in [-0.4, -0.2) is 30.1 Å². The van der Waals surface area contributed by atoms with Crippen molar-refractivity contribution >= 4 is 0 Å². The number of nitrogens with two attached hydrogens (primary N) is 1. The highest BCUT2D eigenvalue weighted by Gasteiger charge is 2.54. The molecule has 21 heavy (non-hydrogen) atoms. The normalized spacial score (nSPS) is 51.3. The van der Waals surface area contributed by atoms with Crippen LogP contribution in [0.4, 0.5) is 0 Å². The maximum absolute atomic E-state index is 6.33. The summed E-state index contributed by atoms with van der Waals surface area (Å²) in [6.07, 6.45) is 11.8. The van der Waals surface area contributed by atoms with Gasteiger partial charge in [0.1, 0.15) is 0 Å². The number of hydrogen-bond donors (Lipinski definition) is 1. The van der Waals surface area contributed by atoms with E-state index in [-0.39, 0.29) is 0 Å². The molecule has 0 aromatic heterocycles. The maximum Gasteiger partial charge on any atom is 0.0124 e. The molecule has 1 aliphatic heterocycles. The summed E-state index contributed by atoms with van der Waals surface area (Å²) in [5, 5.41) is 0. The van der Waals surface area contributed by atoms with E-state index in [1.54, 1.807) is 38.5 Å². The molecule has 0 spiro atoms. The van der Waals surface area contributed by atoms with Crippen molar-refractivity contribution in [1.29, 1.82) is 0 Å². The van der Waals surface area contributed by atoms with Gasteiger partial charge in [-0.1, -0.05) is 13.3 Å². The van der Waals surface area contributed by atoms with E-state index in [1.165, 1.54) is 25.9 Å². The summed E-state index contributed by atoms with van der Waals surface area (Å²) in [7, 11) is 0. The lowest BCUT2D eigenvalue weighted by atomic mass is 9.47. The lowest BCUT2D eigenvalue weighted by Gasteiger charge is -2.61. The predicted molar refractivity (Wildman–Crippen MR) is 88.0 cm³/mol. The second kappa shape index (κ2) is 5.23. The molecule has 4 bridgehead atoms. The van der Waals surface area contributed by atoms with Gasteiger partial charge in [-0.3, -0.25) is 4.90 Å². The van der Waals surface area contributed by atoms with Gasteiger partial charge >= 0.3 is 0 Å². The molecule has 5 aliphatic rings. The summed E-state index contributed by atoms with van der Waals surface area (Å²) in [6.45, 7) is 7.40. The molecule has 5 rings (SSSR count). The minimum absolute atomic E-state index is 0.454. The lowest BCUT2D eigenvalue weighted by Crippen LogP contribution is -2.59. The van der Waals surface area contributed by atoms with E-state index >= 15 is 0 Å². The maximum atomic E-state index is 6.33. The Kier molecular flexibility index (Phi) is 3.61. The van der Waals surface area contributed by atoms with Crippen LogP contribution in [0.1, 0.15) is 65.2 Å². The lowest BCUT2D eigenvalue weighted by molar-refractivity contribution is -0.103. The summed E-state index contributed by atoms with van der Waals surface area (Å²) in [6, 6.07) is 1.25. The molecule has 1 heterocycles. The molecule has 0 aromatic carbocycles. The summed E-state index contributed by atoms with van der Waals surface area (Å²) >= 11 is 0. The third kappa shape index (κ3) is 2.37. The second-order valence-electron chi connectivity index (χ2n) is 9.07. The van der Waals surface area contributed by atoms with Gasteiger partial charge in [0.2, 0.25) is 0 Å². The fourth-order valence-corrected chi connectivity index (χ4v) is 6.94. The van der Waals surface area contributed by atoms with Gasteiger partial charge in [-0.05, 0) is 87.5 Å². The molecule has 4 saturated carbocycles. The van der Waals surface area contributed by atoms with E-state index in [1.807, 2.05) is 0 Å². The molecular formula is C19H34N2. The average molecular weight is 290 g/mol. The smallest absolute Gasteiger partial charge is 0.0124 e. The van der Waals surface area contributed by atoms with Crippen LogP contribution in [0.2, 0.25) is 0 Å². The summed E-state index contributed by atoms with van der Waals surface area (Å²) in [5.74, 6) is 3.96. The molecule has 3 unspecified atom stereocenters. The van der Waals surface area contributed by atoms with Crippen LogP contribution in [0.25, 0.3) is 0 Å². The highest BCUT2D eigenvalue weighted by molar-refractivity contribution is 5.06. The second-order valence-corrected chi connectivity index (χ2v) is 9.07. The zero-order valence-corrected chi connectivity index (χ0v) is 14.1. The van der Waals surface area contributed by atoms with Gasteiger partial charge in [0.15, 0.2) is 0 Å². The van der Waals surface area contributed by atoms with E-state index in [9.17, 15) is 0 Å². The molecule has 4 aliphatic carbocycles. The van der Waals surface area contributed by atoms with Gasteiger partial charge in [-0.15, -0.1) is 0 Å². The molecule has 0 radical (unpaired) electrons. The Hall–Kier alpha value is -0.0800. The van der Waals surface area contributed by atoms with Gasteiger partial charge in [0.25, 0.3) is 0 Å². The first-order valence-electron chi connectivity index (χ1n) is 9.59. The summed E-state index contributed by atoms with van der Waals surface area (Å²) < 4.78 is 0. The molecule has 2 heteroatoms. The van der Waals surface area contributed by atoms with E-state index in [0.29, 0.717) is 11.5 Å². The van der Waals surface area contributed by atoms with E-state index in [0.717, 1.165) is 29.7 Å². The van der Waals surface area contributed by atoms with Crippen molar-refractivity contribution in [2.24, 2.45) is 34.8 Å². The summed E-state index contributed by atoms with van der Waals surface area (Å²) in [5.41, 5.74) is 7.01. The van der Waals surface area contributed by atoms with Crippen molar-refractivity contribution in [3.8, 4) is 0 Å². The Labute approximate surface area is 130 Å². The first-order chi connectivity index (χ1) is 10.1. The molecule has 2 N–H and O–H groups in total. The fourth-order valence-electron chi connectivity index (χ4n) is 6.94. The van der Waals surface area contributed by atoms with Crippen molar-refractivity contribution in [3.05, 3.63) is 0 Å². The number of rotatable bonds is 3. The quantitative estimate of drug-likeness (QED) is 0.859. The van der Waals surface area contributed by atoms with Crippen LogP contribution in [0.15, 0.2) is 0 Å². The molecule has 0 aromatic rings. The van der Waals surface area contributed by atoms with Crippen molar-refractivity contribution in [3.63, 3.8) is 0 Å². The third-order valence-electron chi connectivity index (χ3n) is 7.87. The third-order valence-corrected chi connectivity index (χ3v) is 7.87. The van der Waals surface area contributed by atoms with Crippen molar-refractivity contribution in [2.75, 3.05) is 13.1 Å². The van der Waals surface area contributed by atoms with Gasteiger partial charge in [0.05, 0.1) is 0 Å². The molecule has 5 fully saturated rings. The van der Waals surface area contributed by atoms with Crippen LogP contribution in [0.3, 0.4) is 0 Å². The number of hydrogen-bond acceptors (Lipinski definition) is 2. The van der Waals surface area contributed by atoms with Crippen LogP contribution in [-0.2, 0) is 0 Å². The van der Waals surface area contributed by atoms with Gasteiger partial charge in [-0.2, -0.15) is 0 Å². The molecule has 3 atom stereocenters. The first kappa shape index (κ1) is 14.5. The number of likely N-dealkylation sites (tertiary alicyclic amines) is 1. The predicted octanol–water partition coefficient (Wildman–Crippen LogP) is 3.65. The number of nitrogens with zero attached hydrogens (tertiary/aromatic N) is 1. The number of piperidine rings is 1. The monoisotopic (exact) mass is 290 g/mol. The van der Waals surface area contributed by atoms with Crippen LogP contribution in [0.5, 0.6) is 0 Å². The van der Waals surface area contributed by atoms with Crippen LogP contribution in [0, 0.1) is 29.1 Å². The topological polar surface area (TPSA) is 29.3 Å². The van der Waals surface area contributed by atoms with Gasteiger partial charge < -0.3 is 5.73 Å². The molecule has 2 nitrogen and oxygen atoms in total. The Bertz CT molecular complexity index is 356. The van der Waals surface area contributed by atoms with Gasteiger partial charge in [-0.25, -0.2) is 0 Å². The van der Waals surface area contributed by atoms with E-state index in [2.05, 4.69) is 18.7 Å². The van der Waals surface area contributed by atoms with E-state index < -0.39 is 0 Å². The zero-order chi connectivity index (χ0) is 14.6. The Morgan fingerprint density at radius 2 is 1.67 bits per heavy atom. The van der Waals surface area contributed by atoms with E-state index in [4.69, 9.17) is 5.73 Å². The van der Waals surface area contributed by atoms with Crippen molar-refractivity contribution in [2.45, 2.75) is 77.3 Å². The molecule has 0 amide bonds. The fraction of sp³-hybridized carbons (Fsp3) is 1.00. The average Bonchev–Trinajstić information content (AvgIpc) is 2.45. The Balaban J connectivity index is 1.50. The minimum atomic E-state index is 0.454. The Morgan fingerprint density at radius 1 is 1.10 bits per heavy atom. The van der Waals surface area contributed by atoms with Crippen LogP contribution >= 0.6 is 0 Å². The molecule has 1 saturated heterocycles.